The summed E-state index contributed by atoms with van der Waals surface area (Å²) in [5.41, 5.74) is 21.6. The van der Waals surface area contributed by atoms with Crippen molar-refractivity contribution in [2.45, 2.75) is 86.1 Å². The average molecular weight is 1130 g/mol. The summed E-state index contributed by atoms with van der Waals surface area (Å²) in [6.45, 7) is 12.0. The van der Waals surface area contributed by atoms with Crippen LogP contribution in [0.25, 0.3) is 101 Å². The SMILES string of the molecule is C.C.C.C.C.C.Cc1[nH]cc2c1nc1ccccn12.Cc1[nH]cc2nc3ccccn3c12.Cc1cc2nc3ccccn3c2[nH]1.Cc1nc2c(cc3ccccn32)[nH]1.Cc1nc2c(nc3ccccn32)[nH]1.Cc1nc2c(nc3ccccn32)[nH]1. The molecule has 18 aromatic heterocycles. The van der Waals surface area contributed by atoms with E-state index in [2.05, 4.69) is 113 Å². The van der Waals surface area contributed by atoms with Gasteiger partial charge >= 0.3 is 0 Å². The van der Waals surface area contributed by atoms with Crippen molar-refractivity contribution in [2.75, 3.05) is 0 Å². The van der Waals surface area contributed by atoms with E-state index in [0.29, 0.717) is 0 Å². The van der Waals surface area contributed by atoms with E-state index in [1.807, 2.05) is 196 Å². The normalized spacial score (nSPS) is 10.6. The van der Waals surface area contributed by atoms with Gasteiger partial charge in [0.15, 0.2) is 28.2 Å². The number of fused-ring (bicyclic) bond motifs is 18. The van der Waals surface area contributed by atoms with E-state index in [0.717, 1.165) is 124 Å². The minimum Gasteiger partial charge on any atom is -0.362 e. The summed E-state index contributed by atoms with van der Waals surface area (Å²) in [6.07, 6.45) is 16.0. The van der Waals surface area contributed by atoms with Crippen LogP contribution in [0.5, 0.6) is 0 Å². The number of imidazole rings is 8. The number of hydrogen-bond acceptors (Lipinski definition) is 8. The van der Waals surface area contributed by atoms with Gasteiger partial charge in [-0.2, -0.15) is 0 Å². The number of pyridine rings is 6. The van der Waals surface area contributed by atoms with Crippen LogP contribution in [0.2, 0.25) is 0 Å². The standard InChI is InChI=1S/4C10H9N3.2C9H8N4.6CH4/c1-7-10-8(6-11-7)13-5-3-2-4-9(13)12-10;1-7-10-8(6-11-7)12-9-4-2-3-5-13(9)10;1-7-11-9-6-8-4-2-3-5-13(8)10(9)12-7;1-7-6-8-10(11-7)13-5-3-2-4-9(13)12-8;2*1-6-10-8-9(11-6)13-5-3-2-4-7(13)12-8;;;;;;/h2*2-6,11H,1H3;2-6H,1H3,(H,11,12);2-6,11H,1H3;2*2-5H,1H3,(H,10,11);6*1H4. The first-order valence-corrected chi connectivity index (χ1v) is 25.4. The monoisotopic (exact) mass is 1120 g/mol. The number of nitrogens with zero attached hydrogens (tertiary/aromatic N) is 14. The molecule has 0 aromatic carbocycles. The summed E-state index contributed by atoms with van der Waals surface area (Å²) in [7, 11) is 0. The third kappa shape index (κ3) is 11.2. The first-order chi connectivity index (χ1) is 38.1. The summed E-state index contributed by atoms with van der Waals surface area (Å²) in [6, 6.07) is 40.1. The van der Waals surface area contributed by atoms with Crippen molar-refractivity contribution in [2.24, 2.45) is 0 Å². The highest BCUT2D eigenvalue weighted by Gasteiger charge is 2.11. The zero-order chi connectivity index (χ0) is 53.0. The first kappa shape index (κ1) is 60.9. The Labute approximate surface area is 486 Å². The van der Waals surface area contributed by atoms with Gasteiger partial charge < -0.3 is 29.9 Å². The Balaban J connectivity index is 0.000000143. The molecule has 0 atom stereocenters. The molecule has 0 radical (unpaired) electrons. The Morgan fingerprint density at radius 2 is 0.810 bits per heavy atom. The summed E-state index contributed by atoms with van der Waals surface area (Å²) < 4.78 is 12.3. The highest BCUT2D eigenvalue weighted by molar-refractivity contribution is 5.84. The summed E-state index contributed by atoms with van der Waals surface area (Å²) in [5, 5.41) is 0. The van der Waals surface area contributed by atoms with Crippen LogP contribution in [0, 0.1) is 41.5 Å². The van der Waals surface area contributed by atoms with Crippen molar-refractivity contribution in [3.8, 4) is 0 Å². The lowest BCUT2D eigenvalue weighted by atomic mass is 10.4. The average Bonchev–Trinajstić information content (AvgIpc) is 4.51. The Hall–Kier alpha value is -10.8. The van der Waals surface area contributed by atoms with Crippen LogP contribution in [0.15, 0.2) is 171 Å². The smallest absolute Gasteiger partial charge is 0.183 e. The van der Waals surface area contributed by atoms with E-state index in [1.54, 1.807) is 0 Å². The molecule has 0 aliphatic carbocycles. The fourth-order valence-electron chi connectivity index (χ4n) is 9.83. The molecule has 18 heterocycles. The maximum Gasteiger partial charge on any atom is 0.183 e. The third-order valence-corrected chi connectivity index (χ3v) is 13.3. The van der Waals surface area contributed by atoms with Crippen molar-refractivity contribution < 1.29 is 0 Å². The van der Waals surface area contributed by atoms with Crippen LogP contribution in [0.4, 0.5) is 0 Å². The number of hydrogen-bond donors (Lipinski definition) is 6. The molecule has 18 rings (SSSR count). The summed E-state index contributed by atoms with van der Waals surface area (Å²) >= 11 is 0. The second kappa shape index (κ2) is 24.9. The number of aromatic amines is 6. The minimum absolute atomic E-state index is 0. The minimum atomic E-state index is 0. The lowest BCUT2D eigenvalue weighted by Crippen LogP contribution is -1.83. The molecule has 0 spiro atoms. The second-order valence-corrected chi connectivity index (χ2v) is 18.9. The fraction of sp³-hybridized carbons (Fsp3) is 0.188. The Kier molecular flexibility index (Phi) is 18.1. The highest BCUT2D eigenvalue weighted by Crippen LogP contribution is 2.22. The van der Waals surface area contributed by atoms with Gasteiger partial charge in [-0.1, -0.05) is 81.0 Å². The Morgan fingerprint density at radius 3 is 1.40 bits per heavy atom. The van der Waals surface area contributed by atoms with Crippen LogP contribution in [-0.4, -0.2) is 96.2 Å². The van der Waals surface area contributed by atoms with E-state index < -0.39 is 0 Å². The molecular weight excluding hydrogens is 1050 g/mol. The Bertz CT molecular complexity index is 4650. The first-order valence-electron chi connectivity index (χ1n) is 25.4. The van der Waals surface area contributed by atoms with E-state index in [9.17, 15) is 0 Å². The lowest BCUT2D eigenvalue weighted by Gasteiger charge is -1.92. The molecule has 0 aliphatic rings. The van der Waals surface area contributed by atoms with Crippen LogP contribution >= 0.6 is 0 Å². The van der Waals surface area contributed by atoms with Gasteiger partial charge in [0.2, 0.25) is 0 Å². The van der Waals surface area contributed by atoms with Crippen LogP contribution in [0.1, 0.15) is 79.1 Å². The molecule has 6 N–H and O–H groups in total. The van der Waals surface area contributed by atoms with E-state index in [4.69, 9.17) is 0 Å². The number of nitrogens with one attached hydrogen (secondary N) is 6. The molecule has 84 heavy (non-hydrogen) atoms. The number of H-pyrrole nitrogens is 6. The maximum atomic E-state index is 4.51. The van der Waals surface area contributed by atoms with Gasteiger partial charge in [0, 0.05) is 72.2 Å². The molecule has 432 valence electrons. The van der Waals surface area contributed by atoms with Crippen LogP contribution in [0.3, 0.4) is 0 Å². The molecule has 0 saturated carbocycles. The number of rotatable bonds is 0. The van der Waals surface area contributed by atoms with Gasteiger partial charge in [0.1, 0.15) is 67.9 Å². The van der Waals surface area contributed by atoms with Gasteiger partial charge in [-0.15, -0.1) is 0 Å². The molecule has 0 aliphatic heterocycles. The van der Waals surface area contributed by atoms with Gasteiger partial charge in [-0.05, 0) is 126 Å². The van der Waals surface area contributed by atoms with E-state index in [-0.39, 0.29) is 44.6 Å². The quantitative estimate of drug-likeness (QED) is 0.0854. The van der Waals surface area contributed by atoms with Crippen molar-refractivity contribution in [1.29, 1.82) is 0 Å². The van der Waals surface area contributed by atoms with E-state index >= 15 is 0 Å². The zero-order valence-electron chi connectivity index (χ0n) is 43.4. The van der Waals surface area contributed by atoms with Crippen LogP contribution in [-0.2, 0) is 0 Å². The summed E-state index contributed by atoms with van der Waals surface area (Å²) in [5.74, 6) is 2.76. The molecule has 0 bridgehead atoms. The van der Waals surface area contributed by atoms with Gasteiger partial charge in [0.05, 0.1) is 16.6 Å². The lowest BCUT2D eigenvalue weighted by molar-refractivity contribution is 1.11. The van der Waals surface area contributed by atoms with Crippen molar-refractivity contribution >= 4 is 101 Å². The van der Waals surface area contributed by atoms with Crippen molar-refractivity contribution in [1.82, 2.24) is 96.2 Å². The van der Waals surface area contributed by atoms with E-state index in [1.165, 1.54) is 11.0 Å². The molecule has 0 amide bonds. The molecule has 20 nitrogen and oxygen atoms in total. The third-order valence-electron chi connectivity index (χ3n) is 13.3. The number of aromatic nitrogens is 20. The van der Waals surface area contributed by atoms with Gasteiger partial charge in [-0.3, -0.25) is 26.4 Å². The largest absolute Gasteiger partial charge is 0.362 e. The molecule has 20 heteroatoms. The van der Waals surface area contributed by atoms with Crippen molar-refractivity contribution in [3.05, 3.63) is 205 Å². The van der Waals surface area contributed by atoms with Gasteiger partial charge in [-0.25, -0.2) is 39.9 Å². The Morgan fingerprint density at radius 1 is 0.357 bits per heavy atom. The fourth-order valence-corrected chi connectivity index (χ4v) is 9.83. The molecule has 0 saturated heterocycles. The highest BCUT2D eigenvalue weighted by atomic mass is 15.2. The van der Waals surface area contributed by atoms with Gasteiger partial charge in [0.25, 0.3) is 0 Å². The van der Waals surface area contributed by atoms with Crippen molar-refractivity contribution in [3.63, 3.8) is 0 Å². The molecule has 18 aromatic rings. The second-order valence-electron chi connectivity index (χ2n) is 18.9. The topological polar surface area (TPSA) is 224 Å². The predicted molar refractivity (Wildman–Crippen MR) is 347 cm³/mol. The summed E-state index contributed by atoms with van der Waals surface area (Å²) in [4.78, 5) is 54.3. The van der Waals surface area contributed by atoms with Crippen LogP contribution < -0.4 is 0 Å². The number of aryl methyl sites for hydroxylation is 6. The molecule has 0 unspecified atom stereocenters. The maximum absolute atomic E-state index is 4.51. The molecular formula is C64H76N20. The zero-order valence-corrected chi connectivity index (χ0v) is 43.4. The molecule has 0 fully saturated rings. The predicted octanol–water partition coefficient (Wildman–Crippen LogP) is 15.4.